The Morgan fingerprint density at radius 2 is 2.00 bits per heavy atom. The van der Waals surface area contributed by atoms with Crippen LogP contribution in [0, 0.1) is 6.92 Å². The van der Waals surface area contributed by atoms with Gasteiger partial charge in [-0.1, -0.05) is 24.3 Å². The van der Waals surface area contributed by atoms with E-state index < -0.39 is 28.0 Å². The van der Waals surface area contributed by atoms with Gasteiger partial charge in [0.05, 0.1) is 5.25 Å². The maximum absolute atomic E-state index is 11.5. The van der Waals surface area contributed by atoms with Crippen LogP contribution in [-0.4, -0.2) is 31.6 Å². The molecule has 0 saturated heterocycles. The summed E-state index contributed by atoms with van der Waals surface area (Å²) in [4.78, 5) is 10.8. The number of hydrogen-bond acceptors (Lipinski definition) is 5. The maximum Gasteiger partial charge on any atom is 0.339 e. The topological polar surface area (TPSA) is 107 Å². The number of aromatic carboxylic acids is 1. The Kier molecular flexibility index (Phi) is 5.36. The Morgan fingerprint density at radius 1 is 1.30 bits per heavy atom. The van der Waals surface area contributed by atoms with Crippen LogP contribution in [0.2, 0.25) is 0 Å². The monoisotopic (exact) mass is 335 g/mol. The van der Waals surface area contributed by atoms with Crippen LogP contribution in [-0.2, 0) is 11.1 Å². The Morgan fingerprint density at radius 3 is 2.57 bits per heavy atom. The molecule has 7 heteroatoms. The van der Waals surface area contributed by atoms with Crippen molar-refractivity contribution in [2.75, 3.05) is 6.61 Å². The number of carboxylic acid groups (broad SMARTS) is 1. The number of carbonyl (C=O) groups is 1. The van der Waals surface area contributed by atoms with E-state index in [1.165, 1.54) is 12.1 Å². The zero-order valence-corrected chi connectivity index (χ0v) is 13.1. The van der Waals surface area contributed by atoms with E-state index in [1.807, 2.05) is 19.1 Å². The first kappa shape index (κ1) is 17.0. The second-order valence-electron chi connectivity index (χ2n) is 4.90. The molecule has 2 atom stereocenters. The lowest BCUT2D eigenvalue weighted by molar-refractivity contribution is 0.0693. The third kappa shape index (κ3) is 4.08. The van der Waals surface area contributed by atoms with E-state index in [0.717, 1.165) is 11.6 Å². The van der Waals surface area contributed by atoms with Gasteiger partial charge in [-0.2, -0.15) is 0 Å². The lowest BCUT2D eigenvalue weighted by atomic mass is 10.1. The Labute approximate surface area is 135 Å². The second kappa shape index (κ2) is 7.26. The van der Waals surface area contributed by atoms with Gasteiger partial charge in [-0.15, -0.1) is 0 Å². The summed E-state index contributed by atoms with van der Waals surface area (Å²) in [5.74, 6) is -1.50. The quantitative estimate of drug-likeness (QED) is 0.785. The first-order valence-corrected chi connectivity index (χ1v) is 7.86. The number of carboxylic acids is 1. The Hall–Kier alpha value is -2.38. The molecule has 0 aliphatic heterocycles. The van der Waals surface area contributed by atoms with Crippen LogP contribution in [0.3, 0.4) is 0 Å². The molecule has 2 aromatic rings. The highest BCUT2D eigenvalue weighted by molar-refractivity contribution is 7.79. The SMILES string of the molecule is Cc1ccccc1C(COc1ccc(C(=O)O)c(O)c1)S(=O)[O-]. The highest BCUT2D eigenvalue weighted by atomic mass is 32.2. The highest BCUT2D eigenvalue weighted by Crippen LogP contribution is 2.27. The van der Waals surface area contributed by atoms with E-state index in [2.05, 4.69) is 0 Å². The van der Waals surface area contributed by atoms with E-state index in [-0.39, 0.29) is 17.9 Å². The number of phenols is 1. The fraction of sp³-hybridized carbons (Fsp3) is 0.188. The number of rotatable bonds is 6. The minimum atomic E-state index is -2.39. The van der Waals surface area contributed by atoms with Crippen molar-refractivity contribution in [3.8, 4) is 11.5 Å². The summed E-state index contributed by atoms with van der Waals surface area (Å²) in [6, 6.07) is 10.8. The molecule has 0 aliphatic rings. The van der Waals surface area contributed by atoms with E-state index in [4.69, 9.17) is 9.84 Å². The average molecular weight is 335 g/mol. The predicted molar refractivity (Wildman–Crippen MR) is 83.4 cm³/mol. The van der Waals surface area contributed by atoms with Crippen LogP contribution in [0.15, 0.2) is 42.5 Å². The normalized spacial score (nSPS) is 13.3. The van der Waals surface area contributed by atoms with E-state index >= 15 is 0 Å². The van der Waals surface area contributed by atoms with Crippen molar-refractivity contribution < 1.29 is 28.5 Å². The summed E-state index contributed by atoms with van der Waals surface area (Å²) in [5, 5.41) is 17.6. The van der Waals surface area contributed by atoms with Gasteiger partial charge in [0.2, 0.25) is 0 Å². The molecule has 6 nitrogen and oxygen atoms in total. The molecule has 0 aliphatic carbocycles. The first-order valence-electron chi connectivity index (χ1n) is 6.73. The highest BCUT2D eigenvalue weighted by Gasteiger charge is 2.16. The molecule has 0 heterocycles. The molecule has 2 N–H and O–H groups in total. The van der Waals surface area contributed by atoms with E-state index in [1.54, 1.807) is 12.1 Å². The molecule has 0 saturated carbocycles. The molecule has 2 unspecified atom stereocenters. The lowest BCUT2D eigenvalue weighted by Crippen LogP contribution is -2.16. The van der Waals surface area contributed by atoms with Gasteiger partial charge in [-0.05, 0) is 41.3 Å². The minimum absolute atomic E-state index is 0.146. The smallest absolute Gasteiger partial charge is 0.339 e. The van der Waals surface area contributed by atoms with Gasteiger partial charge in [0.25, 0.3) is 0 Å². The minimum Gasteiger partial charge on any atom is -0.772 e. The lowest BCUT2D eigenvalue weighted by Gasteiger charge is -2.22. The molecular formula is C16H15O6S-. The number of aromatic hydroxyl groups is 1. The maximum atomic E-state index is 11.5. The standard InChI is InChI=1S/C16H16O6S/c1-10-4-2-3-5-12(10)15(23(20)21)9-22-11-6-7-13(16(18)19)14(17)8-11/h2-8,15,17H,9H2,1H3,(H,18,19)(H,20,21)/p-1. The largest absolute Gasteiger partial charge is 0.772 e. The summed E-state index contributed by atoms with van der Waals surface area (Å²) in [7, 11) is 0. The van der Waals surface area contributed by atoms with Crippen molar-refractivity contribution in [1.29, 1.82) is 0 Å². The van der Waals surface area contributed by atoms with Crippen molar-refractivity contribution in [3.05, 3.63) is 59.2 Å². The number of ether oxygens (including phenoxy) is 1. The molecule has 0 amide bonds. The molecule has 0 spiro atoms. The molecule has 2 aromatic carbocycles. The van der Waals surface area contributed by atoms with Crippen LogP contribution >= 0.6 is 0 Å². The number of benzene rings is 2. The second-order valence-corrected chi connectivity index (χ2v) is 5.99. The molecule has 2 rings (SSSR count). The van der Waals surface area contributed by atoms with Crippen molar-refractivity contribution in [2.24, 2.45) is 0 Å². The first-order chi connectivity index (χ1) is 10.9. The van der Waals surface area contributed by atoms with Gasteiger partial charge in [0.15, 0.2) is 0 Å². The third-order valence-corrected chi connectivity index (χ3v) is 4.22. The van der Waals surface area contributed by atoms with Crippen LogP contribution in [0.25, 0.3) is 0 Å². The fourth-order valence-electron chi connectivity index (χ4n) is 2.15. The van der Waals surface area contributed by atoms with Gasteiger partial charge >= 0.3 is 5.97 Å². The van der Waals surface area contributed by atoms with Crippen molar-refractivity contribution in [1.82, 2.24) is 0 Å². The van der Waals surface area contributed by atoms with Crippen molar-refractivity contribution >= 4 is 17.0 Å². The summed E-state index contributed by atoms with van der Waals surface area (Å²) in [6.07, 6.45) is 0. The van der Waals surface area contributed by atoms with Crippen LogP contribution in [0.5, 0.6) is 11.5 Å². The van der Waals surface area contributed by atoms with Crippen molar-refractivity contribution in [3.63, 3.8) is 0 Å². The summed E-state index contributed by atoms with van der Waals surface area (Å²) in [5.41, 5.74) is 1.21. The van der Waals surface area contributed by atoms with Crippen LogP contribution in [0.4, 0.5) is 0 Å². The predicted octanol–water partition coefficient (Wildman–Crippen LogP) is 2.40. The molecule has 0 fully saturated rings. The fourth-order valence-corrected chi connectivity index (χ4v) is 2.80. The van der Waals surface area contributed by atoms with Gasteiger partial charge in [0.1, 0.15) is 23.7 Å². The third-order valence-electron chi connectivity index (χ3n) is 3.37. The molecule has 23 heavy (non-hydrogen) atoms. The zero-order chi connectivity index (χ0) is 17.0. The molecule has 122 valence electrons. The van der Waals surface area contributed by atoms with Crippen molar-refractivity contribution in [2.45, 2.75) is 12.2 Å². The Bertz CT molecular complexity index is 743. The molecule has 0 bridgehead atoms. The van der Waals surface area contributed by atoms with E-state index in [9.17, 15) is 18.7 Å². The molecule has 0 aromatic heterocycles. The van der Waals surface area contributed by atoms with Gasteiger partial charge in [-0.3, -0.25) is 4.21 Å². The van der Waals surface area contributed by atoms with Crippen LogP contribution in [0.1, 0.15) is 26.7 Å². The van der Waals surface area contributed by atoms with E-state index in [0.29, 0.717) is 5.56 Å². The van der Waals surface area contributed by atoms with Gasteiger partial charge in [0, 0.05) is 6.07 Å². The Balaban J connectivity index is 2.17. The summed E-state index contributed by atoms with van der Waals surface area (Å²) < 4.78 is 28.4. The average Bonchev–Trinajstić information content (AvgIpc) is 2.48. The summed E-state index contributed by atoms with van der Waals surface area (Å²) in [6.45, 7) is 1.66. The van der Waals surface area contributed by atoms with Gasteiger partial charge in [-0.25, -0.2) is 4.79 Å². The molecular weight excluding hydrogens is 320 g/mol. The van der Waals surface area contributed by atoms with Gasteiger partial charge < -0.3 is 19.5 Å². The molecule has 0 radical (unpaired) electrons. The summed E-state index contributed by atoms with van der Waals surface area (Å²) >= 11 is -2.39. The van der Waals surface area contributed by atoms with Crippen LogP contribution < -0.4 is 4.74 Å². The zero-order valence-electron chi connectivity index (χ0n) is 12.3. The number of aryl methyl sites for hydroxylation is 1. The number of hydrogen-bond donors (Lipinski definition) is 2.